The summed E-state index contributed by atoms with van der Waals surface area (Å²) in [6.45, 7) is 1.96. The van der Waals surface area contributed by atoms with Crippen molar-refractivity contribution in [2.45, 2.75) is 12.8 Å². The third-order valence-electron chi connectivity index (χ3n) is 2.00. The van der Waals surface area contributed by atoms with Crippen LogP contribution in [-0.2, 0) is 0 Å². The zero-order valence-corrected chi connectivity index (χ0v) is 7.40. The number of benzene rings is 1. The van der Waals surface area contributed by atoms with E-state index in [0.29, 0.717) is 0 Å². The van der Waals surface area contributed by atoms with Gasteiger partial charge in [0.05, 0.1) is 5.56 Å². The van der Waals surface area contributed by atoms with Gasteiger partial charge in [-0.05, 0) is 17.7 Å². The Labute approximate surface area is 76.6 Å². The minimum absolute atomic E-state index is 0.0582. The Morgan fingerprint density at radius 2 is 1.92 bits per heavy atom. The number of carbonyl (C=O) groups is 1. The summed E-state index contributed by atoms with van der Waals surface area (Å²) in [4.78, 5) is 10.5. The van der Waals surface area contributed by atoms with Crippen molar-refractivity contribution < 1.29 is 15.0 Å². The monoisotopic (exact) mass is 180 g/mol. The molecule has 0 heterocycles. The molecule has 0 aliphatic heterocycles. The molecule has 0 aromatic heterocycles. The Balaban J connectivity index is 2.87. The molecule has 0 saturated heterocycles. The lowest BCUT2D eigenvalue weighted by Gasteiger charge is -2.07. The van der Waals surface area contributed by atoms with Gasteiger partial charge in [0.2, 0.25) is 0 Å². The second kappa shape index (κ2) is 4.05. The van der Waals surface area contributed by atoms with Gasteiger partial charge in [0.15, 0.2) is 0 Å². The predicted molar refractivity (Wildman–Crippen MR) is 48.9 cm³/mol. The summed E-state index contributed by atoms with van der Waals surface area (Å²) in [6.07, 6.45) is 0. The van der Waals surface area contributed by atoms with Crippen LogP contribution in [0.2, 0.25) is 0 Å². The molecular formula is C10H12O3. The van der Waals surface area contributed by atoms with Gasteiger partial charge in [-0.1, -0.05) is 19.1 Å². The number of carboxylic acid groups (broad SMARTS) is 1. The Morgan fingerprint density at radius 1 is 1.38 bits per heavy atom. The average molecular weight is 180 g/mol. The van der Waals surface area contributed by atoms with E-state index in [0.717, 1.165) is 5.56 Å². The molecule has 0 radical (unpaired) electrons. The van der Waals surface area contributed by atoms with Crippen LogP contribution in [0.15, 0.2) is 24.3 Å². The summed E-state index contributed by atoms with van der Waals surface area (Å²) < 4.78 is 0. The Hall–Kier alpha value is -1.35. The van der Waals surface area contributed by atoms with E-state index >= 15 is 0 Å². The number of aromatic carboxylic acids is 1. The molecule has 1 atom stereocenters. The van der Waals surface area contributed by atoms with E-state index in [1.807, 2.05) is 6.92 Å². The molecule has 3 heteroatoms. The maximum atomic E-state index is 10.5. The zero-order valence-electron chi connectivity index (χ0n) is 7.40. The first kappa shape index (κ1) is 9.74. The summed E-state index contributed by atoms with van der Waals surface area (Å²) in [5.74, 6) is -0.869. The molecule has 0 amide bonds. The minimum Gasteiger partial charge on any atom is -0.478 e. The van der Waals surface area contributed by atoms with Crippen LogP contribution in [0.4, 0.5) is 0 Å². The highest BCUT2D eigenvalue weighted by molar-refractivity contribution is 5.87. The number of aliphatic hydroxyl groups is 1. The zero-order chi connectivity index (χ0) is 9.84. The molecule has 1 unspecified atom stereocenters. The highest BCUT2D eigenvalue weighted by atomic mass is 16.4. The van der Waals surface area contributed by atoms with Gasteiger partial charge >= 0.3 is 5.97 Å². The lowest BCUT2D eigenvalue weighted by molar-refractivity contribution is 0.0697. The fourth-order valence-electron chi connectivity index (χ4n) is 1.06. The fraction of sp³-hybridized carbons (Fsp3) is 0.300. The topological polar surface area (TPSA) is 57.5 Å². The molecular weight excluding hydrogens is 168 g/mol. The molecule has 0 saturated carbocycles. The van der Waals surface area contributed by atoms with E-state index in [1.54, 1.807) is 24.3 Å². The van der Waals surface area contributed by atoms with Gasteiger partial charge in [-0.25, -0.2) is 4.79 Å². The average Bonchev–Trinajstić information content (AvgIpc) is 2.17. The molecule has 0 aliphatic carbocycles. The van der Waals surface area contributed by atoms with Gasteiger partial charge < -0.3 is 10.2 Å². The molecule has 0 spiro atoms. The van der Waals surface area contributed by atoms with Crippen molar-refractivity contribution in [1.82, 2.24) is 0 Å². The lowest BCUT2D eigenvalue weighted by Crippen LogP contribution is -2.00. The van der Waals surface area contributed by atoms with Crippen molar-refractivity contribution in [1.29, 1.82) is 0 Å². The van der Waals surface area contributed by atoms with E-state index in [1.165, 1.54) is 0 Å². The van der Waals surface area contributed by atoms with Crippen LogP contribution in [0.3, 0.4) is 0 Å². The van der Waals surface area contributed by atoms with Crippen molar-refractivity contribution in [2.75, 3.05) is 6.61 Å². The molecule has 3 nitrogen and oxygen atoms in total. The van der Waals surface area contributed by atoms with Crippen molar-refractivity contribution >= 4 is 5.97 Å². The molecule has 1 rings (SSSR count). The van der Waals surface area contributed by atoms with Crippen molar-refractivity contribution in [3.63, 3.8) is 0 Å². The maximum Gasteiger partial charge on any atom is 0.335 e. The molecule has 0 bridgehead atoms. The Bertz CT molecular complexity index is 290. The van der Waals surface area contributed by atoms with E-state index in [-0.39, 0.29) is 18.1 Å². The van der Waals surface area contributed by atoms with Crippen LogP contribution >= 0.6 is 0 Å². The van der Waals surface area contributed by atoms with Crippen molar-refractivity contribution in [2.24, 2.45) is 0 Å². The highest BCUT2D eigenvalue weighted by Gasteiger charge is 2.05. The van der Waals surface area contributed by atoms with Crippen LogP contribution in [0.5, 0.6) is 0 Å². The Kier molecular flexibility index (Phi) is 3.03. The number of carboxylic acids is 1. The molecule has 0 fully saturated rings. The fourth-order valence-corrected chi connectivity index (χ4v) is 1.06. The largest absolute Gasteiger partial charge is 0.478 e. The first-order chi connectivity index (χ1) is 6.15. The highest BCUT2D eigenvalue weighted by Crippen LogP contribution is 2.14. The standard InChI is InChI=1S/C10H12O3/c1-7(6-11)8-2-4-9(5-3-8)10(12)13/h2-5,7,11H,6H2,1H3,(H,12,13). The summed E-state index contributed by atoms with van der Waals surface area (Å²) in [5, 5.41) is 17.5. The SMILES string of the molecule is CC(CO)c1ccc(C(=O)O)cc1. The third kappa shape index (κ3) is 2.29. The van der Waals surface area contributed by atoms with Gasteiger partial charge in [-0.15, -0.1) is 0 Å². The summed E-state index contributed by atoms with van der Waals surface area (Å²) in [5.41, 5.74) is 1.22. The van der Waals surface area contributed by atoms with Crippen molar-refractivity contribution in [3.05, 3.63) is 35.4 Å². The van der Waals surface area contributed by atoms with Gasteiger partial charge in [0.25, 0.3) is 0 Å². The van der Waals surface area contributed by atoms with E-state index in [9.17, 15) is 4.79 Å². The van der Waals surface area contributed by atoms with E-state index in [2.05, 4.69) is 0 Å². The molecule has 70 valence electrons. The second-order valence-electron chi connectivity index (χ2n) is 3.01. The van der Waals surface area contributed by atoms with Crippen LogP contribution in [0, 0.1) is 0 Å². The summed E-state index contributed by atoms with van der Waals surface area (Å²) in [6, 6.07) is 6.54. The Morgan fingerprint density at radius 3 is 2.31 bits per heavy atom. The minimum atomic E-state index is -0.928. The number of hydrogen-bond acceptors (Lipinski definition) is 2. The van der Waals surface area contributed by atoms with Crippen LogP contribution < -0.4 is 0 Å². The third-order valence-corrected chi connectivity index (χ3v) is 2.00. The second-order valence-corrected chi connectivity index (χ2v) is 3.01. The first-order valence-corrected chi connectivity index (χ1v) is 4.09. The molecule has 1 aromatic rings. The van der Waals surface area contributed by atoms with Crippen LogP contribution in [-0.4, -0.2) is 22.8 Å². The lowest BCUT2D eigenvalue weighted by atomic mass is 10.0. The normalized spacial score (nSPS) is 12.5. The summed E-state index contributed by atoms with van der Waals surface area (Å²) in [7, 11) is 0. The molecule has 2 N–H and O–H groups in total. The van der Waals surface area contributed by atoms with Gasteiger partial charge in [0.1, 0.15) is 0 Å². The predicted octanol–water partition coefficient (Wildman–Crippen LogP) is 1.48. The quantitative estimate of drug-likeness (QED) is 0.740. The smallest absolute Gasteiger partial charge is 0.335 e. The van der Waals surface area contributed by atoms with E-state index in [4.69, 9.17) is 10.2 Å². The van der Waals surface area contributed by atoms with Gasteiger partial charge in [-0.3, -0.25) is 0 Å². The number of rotatable bonds is 3. The number of aliphatic hydroxyl groups excluding tert-OH is 1. The van der Waals surface area contributed by atoms with Gasteiger partial charge in [0, 0.05) is 12.5 Å². The van der Waals surface area contributed by atoms with E-state index < -0.39 is 5.97 Å². The maximum absolute atomic E-state index is 10.5. The van der Waals surface area contributed by atoms with Crippen molar-refractivity contribution in [3.8, 4) is 0 Å². The van der Waals surface area contributed by atoms with Crippen LogP contribution in [0.25, 0.3) is 0 Å². The van der Waals surface area contributed by atoms with Gasteiger partial charge in [-0.2, -0.15) is 0 Å². The molecule has 0 aliphatic rings. The molecule has 1 aromatic carbocycles. The molecule has 13 heavy (non-hydrogen) atoms. The van der Waals surface area contributed by atoms with Crippen LogP contribution in [0.1, 0.15) is 28.8 Å². The summed E-state index contributed by atoms with van der Waals surface area (Å²) >= 11 is 0. The first-order valence-electron chi connectivity index (χ1n) is 4.09. The number of hydrogen-bond donors (Lipinski definition) is 2.